The lowest BCUT2D eigenvalue weighted by Crippen LogP contribution is -2.26. The summed E-state index contributed by atoms with van der Waals surface area (Å²) < 4.78 is 60.9. The van der Waals surface area contributed by atoms with E-state index in [0.29, 0.717) is 10.6 Å². The van der Waals surface area contributed by atoms with Crippen molar-refractivity contribution in [2.45, 2.75) is 13.5 Å². The Morgan fingerprint density at radius 1 is 1.07 bits per heavy atom. The quantitative estimate of drug-likeness (QED) is 0.303. The second-order valence-electron chi connectivity index (χ2n) is 5.90. The predicted octanol–water partition coefficient (Wildman–Crippen LogP) is 5.67. The molecular weight excluding hydrogens is 608 g/mol. The minimum absolute atomic E-state index is 0.00964. The van der Waals surface area contributed by atoms with Gasteiger partial charge in [0.05, 0.1) is 8.95 Å². The molecule has 0 saturated heterocycles. The Bertz CT molecular complexity index is 1210. The Hall–Kier alpha value is -1.92. The van der Waals surface area contributed by atoms with Crippen LogP contribution in [0.15, 0.2) is 36.4 Å². The molecule has 3 aromatic rings. The van der Waals surface area contributed by atoms with Crippen molar-refractivity contribution < 1.29 is 27.4 Å². The maximum absolute atomic E-state index is 14.7. The first kappa shape index (κ1) is 22.8. The van der Waals surface area contributed by atoms with Crippen LogP contribution < -0.4 is 10.3 Å². The second kappa shape index (κ2) is 8.67. The van der Waals surface area contributed by atoms with Crippen molar-refractivity contribution in [3.8, 4) is 17.3 Å². The van der Waals surface area contributed by atoms with E-state index in [1.165, 1.54) is 13.0 Å². The van der Waals surface area contributed by atoms with Crippen molar-refractivity contribution in [1.82, 2.24) is 9.55 Å². The molecule has 1 N–H and O–H groups in total. The number of aryl methyl sites for hydroxylation is 1. The van der Waals surface area contributed by atoms with Crippen LogP contribution in [0.25, 0.3) is 5.69 Å². The van der Waals surface area contributed by atoms with Crippen LogP contribution in [0.2, 0.25) is 0 Å². The van der Waals surface area contributed by atoms with Gasteiger partial charge in [-0.2, -0.15) is 4.98 Å². The van der Waals surface area contributed by atoms with Gasteiger partial charge in [0.25, 0.3) is 5.56 Å². The van der Waals surface area contributed by atoms with E-state index in [1.807, 2.05) is 0 Å². The average Bonchev–Trinajstić information content (AvgIpc) is 2.70. The normalized spacial score (nSPS) is 11.1. The summed E-state index contributed by atoms with van der Waals surface area (Å²) in [6.07, 6.45) is 0. The van der Waals surface area contributed by atoms with E-state index in [1.54, 1.807) is 0 Å². The Balaban J connectivity index is 2.08. The van der Waals surface area contributed by atoms with Gasteiger partial charge in [0.2, 0.25) is 5.88 Å². The zero-order valence-electron chi connectivity index (χ0n) is 14.7. The molecule has 0 aliphatic rings. The topological polar surface area (TPSA) is 64.3 Å². The highest BCUT2D eigenvalue weighted by atomic mass is 79.9. The highest BCUT2D eigenvalue weighted by Gasteiger charge is 2.27. The van der Waals surface area contributed by atoms with E-state index in [2.05, 4.69) is 52.8 Å². The van der Waals surface area contributed by atoms with E-state index < -0.39 is 49.2 Å². The maximum atomic E-state index is 14.7. The summed E-state index contributed by atoms with van der Waals surface area (Å²) in [5.74, 6) is -5.19. The maximum Gasteiger partial charge on any atom is 0.276 e. The number of ether oxygens (including phenoxy) is 1. The van der Waals surface area contributed by atoms with E-state index in [-0.39, 0.29) is 28.3 Å². The molecule has 12 heteroatoms. The molecule has 0 aliphatic carbocycles. The molecule has 1 aromatic heterocycles. The fraction of sp³-hybridized carbons (Fsp3) is 0.111. The Morgan fingerprint density at radius 3 is 2.23 bits per heavy atom. The molecule has 158 valence electrons. The standard InChI is InChI=1S/C18H9Br3F4N2O3/c1-6-26-17(30-5-7-2-3-8(22)4-9(7)23)12(21)18(29)27(6)15-13(24)10(19)16(28)11(20)14(15)25/h2-4,28H,5H2,1H3. The van der Waals surface area contributed by atoms with E-state index >= 15 is 0 Å². The molecule has 0 spiro atoms. The van der Waals surface area contributed by atoms with Gasteiger partial charge in [-0.3, -0.25) is 9.36 Å². The van der Waals surface area contributed by atoms with Gasteiger partial charge < -0.3 is 9.84 Å². The molecule has 0 fully saturated rings. The summed E-state index contributed by atoms with van der Waals surface area (Å²) in [6.45, 7) is 0.923. The van der Waals surface area contributed by atoms with Crippen LogP contribution in [-0.4, -0.2) is 14.7 Å². The first-order valence-corrected chi connectivity index (χ1v) is 10.3. The zero-order chi connectivity index (χ0) is 22.3. The van der Waals surface area contributed by atoms with Gasteiger partial charge in [0.15, 0.2) is 11.6 Å². The van der Waals surface area contributed by atoms with E-state index in [0.717, 1.165) is 6.07 Å². The van der Waals surface area contributed by atoms with Gasteiger partial charge in [0.1, 0.15) is 40.0 Å². The lowest BCUT2D eigenvalue weighted by molar-refractivity contribution is 0.283. The molecule has 0 unspecified atom stereocenters. The van der Waals surface area contributed by atoms with Crippen LogP contribution in [0, 0.1) is 30.2 Å². The fourth-order valence-electron chi connectivity index (χ4n) is 2.53. The summed E-state index contributed by atoms with van der Waals surface area (Å²) >= 11 is 8.58. The Labute approximate surface area is 191 Å². The van der Waals surface area contributed by atoms with Crippen molar-refractivity contribution in [3.05, 3.63) is 76.6 Å². The van der Waals surface area contributed by atoms with E-state index in [4.69, 9.17) is 4.74 Å². The van der Waals surface area contributed by atoms with Crippen LogP contribution in [-0.2, 0) is 6.61 Å². The largest absolute Gasteiger partial charge is 0.505 e. The van der Waals surface area contributed by atoms with Crippen molar-refractivity contribution in [3.63, 3.8) is 0 Å². The SMILES string of the molecule is Cc1nc(OCc2ccc(F)cc2F)c(Br)c(=O)n1-c1c(F)c(Br)c(O)c(Br)c1F. The van der Waals surface area contributed by atoms with Gasteiger partial charge in [-0.15, -0.1) is 0 Å². The van der Waals surface area contributed by atoms with Gasteiger partial charge >= 0.3 is 0 Å². The third kappa shape index (κ3) is 4.00. The smallest absolute Gasteiger partial charge is 0.276 e. The Morgan fingerprint density at radius 2 is 1.67 bits per heavy atom. The highest BCUT2D eigenvalue weighted by molar-refractivity contribution is 9.11. The number of benzene rings is 2. The van der Waals surface area contributed by atoms with Gasteiger partial charge in [-0.05, 0) is 66.8 Å². The molecular formula is C18H9Br3F4N2O3. The van der Waals surface area contributed by atoms with Crippen LogP contribution >= 0.6 is 47.8 Å². The number of aromatic hydroxyl groups is 1. The lowest BCUT2D eigenvalue weighted by Gasteiger charge is -2.16. The second-order valence-corrected chi connectivity index (χ2v) is 8.28. The summed E-state index contributed by atoms with van der Waals surface area (Å²) in [5.41, 5.74) is -1.69. The molecule has 0 bridgehead atoms. The monoisotopic (exact) mass is 614 g/mol. The van der Waals surface area contributed by atoms with Crippen molar-refractivity contribution in [2.24, 2.45) is 0 Å². The van der Waals surface area contributed by atoms with Crippen LogP contribution in [0.4, 0.5) is 17.6 Å². The number of aromatic nitrogens is 2. The zero-order valence-corrected chi connectivity index (χ0v) is 19.5. The fourth-order valence-corrected chi connectivity index (χ4v) is 3.95. The van der Waals surface area contributed by atoms with Gasteiger partial charge in [-0.1, -0.05) is 0 Å². The first-order valence-electron chi connectivity index (χ1n) is 7.95. The van der Waals surface area contributed by atoms with Crippen LogP contribution in [0.3, 0.4) is 0 Å². The third-order valence-electron chi connectivity index (χ3n) is 3.99. The van der Waals surface area contributed by atoms with Crippen LogP contribution in [0.1, 0.15) is 11.4 Å². The van der Waals surface area contributed by atoms with Crippen molar-refractivity contribution >= 4 is 47.8 Å². The molecule has 2 aromatic carbocycles. The minimum Gasteiger partial charge on any atom is -0.505 e. The lowest BCUT2D eigenvalue weighted by atomic mass is 10.2. The average molecular weight is 617 g/mol. The first-order chi connectivity index (χ1) is 14.0. The molecule has 0 saturated carbocycles. The van der Waals surface area contributed by atoms with Gasteiger partial charge in [0, 0.05) is 11.6 Å². The number of hydrogen-bond acceptors (Lipinski definition) is 4. The van der Waals surface area contributed by atoms with Crippen molar-refractivity contribution in [2.75, 3.05) is 0 Å². The summed E-state index contributed by atoms with van der Waals surface area (Å²) in [5, 5.41) is 9.73. The molecule has 0 aliphatic heterocycles. The molecule has 0 radical (unpaired) electrons. The molecule has 5 nitrogen and oxygen atoms in total. The number of phenols is 1. The summed E-state index contributed by atoms with van der Waals surface area (Å²) in [6, 6.07) is 2.89. The number of rotatable bonds is 4. The molecule has 0 atom stereocenters. The number of halogens is 7. The Kier molecular flexibility index (Phi) is 6.58. The third-order valence-corrected chi connectivity index (χ3v) is 6.11. The number of nitrogens with zero attached hydrogens (tertiary/aromatic N) is 2. The molecule has 0 amide bonds. The predicted molar refractivity (Wildman–Crippen MR) is 110 cm³/mol. The molecule has 30 heavy (non-hydrogen) atoms. The summed E-state index contributed by atoms with van der Waals surface area (Å²) in [7, 11) is 0. The number of hydrogen-bond donors (Lipinski definition) is 1. The van der Waals surface area contributed by atoms with E-state index in [9.17, 15) is 27.5 Å². The minimum atomic E-state index is -1.23. The molecule has 3 rings (SSSR count). The number of phenolic OH excluding ortho intramolecular Hbond substituents is 1. The molecule has 1 heterocycles. The van der Waals surface area contributed by atoms with Gasteiger partial charge in [-0.25, -0.2) is 17.6 Å². The highest BCUT2D eigenvalue weighted by Crippen LogP contribution is 2.40. The van der Waals surface area contributed by atoms with Crippen LogP contribution in [0.5, 0.6) is 11.6 Å². The van der Waals surface area contributed by atoms with Crippen molar-refractivity contribution in [1.29, 1.82) is 0 Å². The summed E-state index contributed by atoms with van der Waals surface area (Å²) in [4.78, 5) is 16.8.